The molecule has 0 fully saturated rings. The van der Waals surface area contributed by atoms with Crippen molar-refractivity contribution in [1.82, 2.24) is 0 Å². The minimum absolute atomic E-state index is 0.0331. The smallest absolute Gasteiger partial charge is 0.226 e. The highest BCUT2D eigenvalue weighted by Gasteiger charge is 2.18. The van der Waals surface area contributed by atoms with Gasteiger partial charge < -0.3 is 10.2 Å². The van der Waals surface area contributed by atoms with E-state index in [9.17, 15) is 18.4 Å². The number of carbonyl (C=O) groups is 2. The van der Waals surface area contributed by atoms with Gasteiger partial charge in [-0.2, -0.15) is 0 Å². The molecule has 0 saturated carbocycles. The zero-order chi connectivity index (χ0) is 19.4. The zero-order valence-corrected chi connectivity index (χ0v) is 15.3. The van der Waals surface area contributed by atoms with Crippen LogP contribution in [0.5, 0.6) is 0 Å². The van der Waals surface area contributed by atoms with Crippen LogP contribution in [0.4, 0.5) is 20.2 Å². The van der Waals surface area contributed by atoms with Crippen molar-refractivity contribution in [2.45, 2.75) is 34.1 Å². The molecule has 26 heavy (non-hydrogen) atoms. The molecule has 6 heteroatoms. The Kier molecular flexibility index (Phi) is 6.08. The molecular weight excluding hydrogens is 338 g/mol. The second-order valence-electron chi connectivity index (χ2n) is 6.35. The average molecular weight is 360 g/mol. The van der Waals surface area contributed by atoms with Gasteiger partial charge in [0.1, 0.15) is 0 Å². The van der Waals surface area contributed by atoms with E-state index in [0.29, 0.717) is 0 Å². The van der Waals surface area contributed by atoms with E-state index >= 15 is 0 Å². The van der Waals surface area contributed by atoms with Crippen molar-refractivity contribution in [3.05, 3.63) is 58.7 Å². The Bertz CT molecular complexity index is 827. The van der Waals surface area contributed by atoms with Gasteiger partial charge in [-0.3, -0.25) is 9.59 Å². The van der Waals surface area contributed by atoms with Gasteiger partial charge in [0.05, 0.1) is 0 Å². The first-order chi connectivity index (χ1) is 12.2. The second kappa shape index (κ2) is 8.08. The van der Waals surface area contributed by atoms with Gasteiger partial charge in [0.25, 0.3) is 0 Å². The van der Waals surface area contributed by atoms with Crippen LogP contribution in [0.15, 0.2) is 30.3 Å². The van der Waals surface area contributed by atoms with Crippen molar-refractivity contribution in [2.24, 2.45) is 0 Å². The van der Waals surface area contributed by atoms with Gasteiger partial charge in [-0.05, 0) is 44.0 Å². The van der Waals surface area contributed by atoms with Gasteiger partial charge in [0.15, 0.2) is 11.6 Å². The maximum atomic E-state index is 13.2. The molecule has 1 N–H and O–H groups in total. The van der Waals surface area contributed by atoms with Crippen LogP contribution < -0.4 is 10.2 Å². The highest BCUT2D eigenvalue weighted by molar-refractivity contribution is 5.95. The first kappa shape index (κ1) is 19.6. The van der Waals surface area contributed by atoms with Crippen LogP contribution in [0.3, 0.4) is 0 Å². The third-order valence-corrected chi connectivity index (χ3v) is 4.05. The van der Waals surface area contributed by atoms with Crippen LogP contribution in [0.25, 0.3) is 0 Å². The second-order valence-corrected chi connectivity index (χ2v) is 6.35. The number of hydrogen-bond acceptors (Lipinski definition) is 2. The van der Waals surface area contributed by atoms with Gasteiger partial charge in [0, 0.05) is 37.3 Å². The quantitative estimate of drug-likeness (QED) is 0.866. The molecular formula is C20H22F2N2O2. The number of benzene rings is 2. The molecule has 0 unspecified atom stereocenters. The maximum absolute atomic E-state index is 13.2. The fourth-order valence-electron chi connectivity index (χ4n) is 3.04. The van der Waals surface area contributed by atoms with Crippen molar-refractivity contribution in [3.8, 4) is 0 Å². The molecule has 0 aliphatic rings. The molecule has 0 radical (unpaired) electrons. The molecule has 0 aliphatic carbocycles. The summed E-state index contributed by atoms with van der Waals surface area (Å²) >= 11 is 0. The Morgan fingerprint density at radius 3 is 2.15 bits per heavy atom. The lowest BCUT2D eigenvalue weighted by atomic mass is 10.0. The van der Waals surface area contributed by atoms with Crippen LogP contribution in [-0.2, 0) is 9.59 Å². The zero-order valence-electron chi connectivity index (χ0n) is 15.3. The minimum atomic E-state index is -1.03. The van der Waals surface area contributed by atoms with E-state index in [0.717, 1.165) is 34.5 Å². The summed E-state index contributed by atoms with van der Waals surface area (Å²) in [5.74, 6) is -2.56. The molecule has 0 aromatic heterocycles. The van der Waals surface area contributed by atoms with Crippen LogP contribution in [-0.4, -0.2) is 18.4 Å². The van der Waals surface area contributed by atoms with Crippen molar-refractivity contribution in [3.63, 3.8) is 0 Å². The normalized spacial score (nSPS) is 10.5. The molecule has 138 valence electrons. The number of aryl methyl sites for hydroxylation is 3. The van der Waals surface area contributed by atoms with Gasteiger partial charge >= 0.3 is 0 Å². The summed E-state index contributed by atoms with van der Waals surface area (Å²) in [4.78, 5) is 25.8. The van der Waals surface area contributed by atoms with Gasteiger partial charge in [-0.1, -0.05) is 17.7 Å². The summed E-state index contributed by atoms with van der Waals surface area (Å²) in [6, 6.07) is 7.13. The summed E-state index contributed by atoms with van der Waals surface area (Å²) in [6.45, 7) is 7.47. The standard InChI is InChI=1S/C20H22F2N2O2/c1-12-9-13(2)20(14(3)10-12)24(15(4)25)8-7-19(26)23-16-5-6-17(21)18(22)11-16/h5-6,9-11H,7-8H2,1-4H3,(H,23,26). The summed E-state index contributed by atoms with van der Waals surface area (Å²) in [5.41, 5.74) is 3.98. The number of nitrogens with one attached hydrogen (secondary N) is 1. The summed E-state index contributed by atoms with van der Waals surface area (Å²) in [6.07, 6.45) is 0.0331. The SMILES string of the molecule is CC(=O)N(CCC(=O)Nc1ccc(F)c(F)c1)c1c(C)cc(C)cc1C. The predicted molar refractivity (Wildman–Crippen MR) is 98.3 cm³/mol. The Hall–Kier alpha value is -2.76. The fraction of sp³-hybridized carbons (Fsp3) is 0.300. The Morgan fingerprint density at radius 2 is 1.62 bits per heavy atom. The fourth-order valence-corrected chi connectivity index (χ4v) is 3.04. The number of nitrogens with zero attached hydrogens (tertiary/aromatic N) is 1. The van der Waals surface area contributed by atoms with E-state index in [1.54, 1.807) is 4.90 Å². The summed E-state index contributed by atoms with van der Waals surface area (Å²) < 4.78 is 26.2. The molecule has 0 heterocycles. The van der Waals surface area contributed by atoms with Crippen molar-refractivity contribution in [2.75, 3.05) is 16.8 Å². The molecule has 0 bridgehead atoms. The Morgan fingerprint density at radius 1 is 1.00 bits per heavy atom. The number of rotatable bonds is 5. The van der Waals surface area contributed by atoms with E-state index < -0.39 is 11.6 Å². The lowest BCUT2D eigenvalue weighted by Gasteiger charge is -2.25. The molecule has 0 atom stereocenters. The van der Waals surface area contributed by atoms with Gasteiger partial charge in [-0.15, -0.1) is 0 Å². The van der Waals surface area contributed by atoms with Gasteiger partial charge in [-0.25, -0.2) is 8.78 Å². The number of hydrogen-bond donors (Lipinski definition) is 1. The molecule has 0 aliphatic heterocycles. The van der Waals surface area contributed by atoms with E-state index in [-0.39, 0.29) is 30.5 Å². The summed E-state index contributed by atoms with van der Waals surface area (Å²) in [7, 11) is 0. The van der Waals surface area contributed by atoms with Crippen LogP contribution >= 0.6 is 0 Å². The Labute approximate surface area is 151 Å². The number of carbonyl (C=O) groups excluding carboxylic acids is 2. The number of amides is 2. The monoisotopic (exact) mass is 360 g/mol. The number of halogens is 2. The molecule has 0 spiro atoms. The predicted octanol–water partition coefficient (Wildman–Crippen LogP) is 4.27. The van der Waals surface area contributed by atoms with E-state index in [1.807, 2.05) is 32.9 Å². The molecule has 4 nitrogen and oxygen atoms in total. The molecule has 0 saturated heterocycles. The lowest BCUT2D eigenvalue weighted by molar-refractivity contribution is -0.117. The average Bonchev–Trinajstić information content (AvgIpc) is 2.52. The Balaban J connectivity index is 2.10. The first-order valence-electron chi connectivity index (χ1n) is 8.30. The van der Waals surface area contributed by atoms with Crippen LogP contribution in [0, 0.1) is 32.4 Å². The van der Waals surface area contributed by atoms with Crippen LogP contribution in [0.1, 0.15) is 30.0 Å². The van der Waals surface area contributed by atoms with E-state index in [1.165, 1.54) is 13.0 Å². The topological polar surface area (TPSA) is 49.4 Å². The van der Waals surface area contributed by atoms with Crippen molar-refractivity contribution in [1.29, 1.82) is 0 Å². The van der Waals surface area contributed by atoms with E-state index in [2.05, 4.69) is 5.32 Å². The highest BCUT2D eigenvalue weighted by atomic mass is 19.2. The molecule has 2 aromatic carbocycles. The minimum Gasteiger partial charge on any atom is -0.326 e. The molecule has 2 amide bonds. The molecule has 2 aromatic rings. The third kappa shape index (κ3) is 4.65. The summed E-state index contributed by atoms with van der Waals surface area (Å²) in [5, 5.41) is 2.51. The maximum Gasteiger partial charge on any atom is 0.226 e. The van der Waals surface area contributed by atoms with E-state index in [4.69, 9.17) is 0 Å². The number of anilines is 2. The van der Waals surface area contributed by atoms with Crippen LogP contribution in [0.2, 0.25) is 0 Å². The largest absolute Gasteiger partial charge is 0.326 e. The highest BCUT2D eigenvalue weighted by Crippen LogP contribution is 2.26. The van der Waals surface area contributed by atoms with Gasteiger partial charge in [0.2, 0.25) is 11.8 Å². The lowest BCUT2D eigenvalue weighted by Crippen LogP contribution is -2.33. The van der Waals surface area contributed by atoms with Crippen molar-refractivity contribution < 1.29 is 18.4 Å². The molecule has 2 rings (SSSR count). The van der Waals surface area contributed by atoms with Crippen molar-refractivity contribution >= 4 is 23.2 Å². The third-order valence-electron chi connectivity index (χ3n) is 4.05. The first-order valence-corrected chi connectivity index (χ1v) is 8.30.